The molecule has 0 bridgehead atoms. The van der Waals surface area contributed by atoms with Gasteiger partial charge in [0.15, 0.2) is 5.78 Å². The summed E-state index contributed by atoms with van der Waals surface area (Å²) < 4.78 is 5.14. The van der Waals surface area contributed by atoms with Gasteiger partial charge in [-0.1, -0.05) is 24.3 Å². The lowest BCUT2D eigenvalue weighted by Gasteiger charge is -2.14. The number of anilines is 1. The molecule has 1 N–H and O–H groups in total. The number of hydrogen-bond donors (Lipinski definition) is 1. The molecule has 1 aliphatic heterocycles. The smallest absolute Gasteiger partial charge is 0.224 e. The van der Waals surface area contributed by atoms with E-state index >= 15 is 0 Å². The van der Waals surface area contributed by atoms with E-state index < -0.39 is 0 Å². The molecule has 0 atom stereocenters. The van der Waals surface area contributed by atoms with E-state index in [2.05, 4.69) is 22.3 Å². The fourth-order valence-corrected chi connectivity index (χ4v) is 3.66. The molecule has 1 heterocycles. The zero-order valence-corrected chi connectivity index (χ0v) is 17.2. The second-order valence-corrected chi connectivity index (χ2v) is 7.55. The normalized spacial score (nSPS) is 14.0. The Hall–Kier alpha value is -2.66. The Morgan fingerprint density at radius 1 is 1.03 bits per heavy atom. The van der Waals surface area contributed by atoms with Crippen molar-refractivity contribution in [3.05, 3.63) is 59.7 Å². The molecule has 5 heteroatoms. The molecule has 1 amide bonds. The third-order valence-corrected chi connectivity index (χ3v) is 5.35. The molecule has 1 aliphatic rings. The molecule has 154 valence electrons. The fourth-order valence-electron chi connectivity index (χ4n) is 3.66. The molecule has 29 heavy (non-hydrogen) atoms. The lowest BCUT2D eigenvalue weighted by atomic mass is 10.1. The van der Waals surface area contributed by atoms with Crippen LogP contribution in [0.15, 0.2) is 48.5 Å². The van der Waals surface area contributed by atoms with Gasteiger partial charge in [-0.2, -0.15) is 0 Å². The molecule has 1 saturated heterocycles. The second kappa shape index (κ2) is 10.8. The van der Waals surface area contributed by atoms with Crippen molar-refractivity contribution in [1.82, 2.24) is 4.90 Å². The van der Waals surface area contributed by atoms with Crippen LogP contribution in [-0.2, 0) is 11.2 Å². The van der Waals surface area contributed by atoms with E-state index in [-0.39, 0.29) is 24.5 Å². The van der Waals surface area contributed by atoms with Crippen molar-refractivity contribution >= 4 is 17.4 Å². The van der Waals surface area contributed by atoms with Gasteiger partial charge in [0.05, 0.1) is 7.11 Å². The van der Waals surface area contributed by atoms with Gasteiger partial charge in [0, 0.05) is 24.1 Å². The number of nitrogens with one attached hydrogen (secondary N) is 1. The minimum absolute atomic E-state index is 0.0626. The molecule has 2 aromatic rings. The summed E-state index contributed by atoms with van der Waals surface area (Å²) in [6.07, 6.45) is 5.22. The average molecular weight is 395 g/mol. The third-order valence-electron chi connectivity index (χ3n) is 5.35. The lowest BCUT2D eigenvalue weighted by molar-refractivity contribution is -0.116. The molecule has 3 rings (SSSR count). The van der Waals surface area contributed by atoms with Gasteiger partial charge in [-0.15, -0.1) is 0 Å². The molecule has 0 spiro atoms. The number of benzene rings is 2. The van der Waals surface area contributed by atoms with Crippen LogP contribution in [0.4, 0.5) is 5.69 Å². The number of rotatable bonds is 10. The highest BCUT2D eigenvalue weighted by Gasteiger charge is 2.12. The monoisotopic (exact) mass is 394 g/mol. The van der Waals surface area contributed by atoms with Gasteiger partial charge in [0.1, 0.15) is 5.75 Å². The molecule has 0 aliphatic carbocycles. The van der Waals surface area contributed by atoms with E-state index in [1.54, 1.807) is 31.4 Å². The van der Waals surface area contributed by atoms with Crippen LogP contribution in [0.3, 0.4) is 0 Å². The van der Waals surface area contributed by atoms with Crippen LogP contribution >= 0.6 is 0 Å². The number of aryl methyl sites for hydroxylation is 1. The van der Waals surface area contributed by atoms with Gasteiger partial charge in [-0.25, -0.2) is 0 Å². The molecule has 0 saturated carbocycles. The van der Waals surface area contributed by atoms with Crippen LogP contribution in [-0.4, -0.2) is 43.3 Å². The number of nitrogens with zero attached hydrogens (tertiary/aromatic N) is 1. The topological polar surface area (TPSA) is 58.6 Å². The Labute approximate surface area is 173 Å². The predicted molar refractivity (Wildman–Crippen MR) is 116 cm³/mol. The number of methoxy groups -OCH3 is 1. The van der Waals surface area contributed by atoms with Gasteiger partial charge < -0.3 is 15.0 Å². The second-order valence-electron chi connectivity index (χ2n) is 7.55. The van der Waals surface area contributed by atoms with E-state index in [9.17, 15) is 9.59 Å². The van der Waals surface area contributed by atoms with Crippen LogP contribution < -0.4 is 10.1 Å². The first kappa shape index (κ1) is 21.1. The molecule has 0 aromatic heterocycles. The Morgan fingerprint density at radius 3 is 2.52 bits per heavy atom. The van der Waals surface area contributed by atoms with Crippen molar-refractivity contribution in [3.8, 4) is 5.75 Å². The van der Waals surface area contributed by atoms with Crippen molar-refractivity contribution < 1.29 is 14.3 Å². The predicted octanol–water partition coefficient (Wildman–Crippen LogP) is 4.33. The maximum absolute atomic E-state index is 12.3. The zero-order valence-electron chi connectivity index (χ0n) is 17.2. The summed E-state index contributed by atoms with van der Waals surface area (Å²) in [7, 11) is 1.57. The first-order chi connectivity index (χ1) is 14.1. The number of amides is 1. The SMILES string of the molecule is COc1cccc(C(=O)CCC(=O)Nc2ccc(CCCN3CCCC3)cc2)c1. The summed E-state index contributed by atoms with van der Waals surface area (Å²) in [5.41, 5.74) is 2.62. The van der Waals surface area contributed by atoms with E-state index in [0.717, 1.165) is 18.5 Å². The van der Waals surface area contributed by atoms with Crippen molar-refractivity contribution in [2.75, 3.05) is 32.1 Å². The largest absolute Gasteiger partial charge is 0.497 e. The number of hydrogen-bond acceptors (Lipinski definition) is 4. The zero-order chi connectivity index (χ0) is 20.5. The fraction of sp³-hybridized carbons (Fsp3) is 0.417. The van der Waals surface area contributed by atoms with Crippen LogP contribution in [0.5, 0.6) is 5.75 Å². The number of ketones is 1. The Bertz CT molecular complexity index is 811. The van der Waals surface area contributed by atoms with Gasteiger partial charge in [0.25, 0.3) is 0 Å². The summed E-state index contributed by atoms with van der Waals surface area (Å²) >= 11 is 0. The summed E-state index contributed by atoms with van der Waals surface area (Å²) in [6, 6.07) is 15.0. The number of carbonyl (C=O) groups is 2. The molecule has 2 aromatic carbocycles. The van der Waals surface area contributed by atoms with Crippen molar-refractivity contribution in [2.24, 2.45) is 0 Å². The first-order valence-electron chi connectivity index (χ1n) is 10.4. The Kier molecular flexibility index (Phi) is 7.82. The molecular weight excluding hydrogens is 364 g/mol. The Balaban J connectivity index is 1.39. The highest BCUT2D eigenvalue weighted by atomic mass is 16.5. The van der Waals surface area contributed by atoms with Crippen LogP contribution in [0.2, 0.25) is 0 Å². The van der Waals surface area contributed by atoms with Gasteiger partial charge in [-0.05, 0) is 75.1 Å². The number of carbonyl (C=O) groups excluding carboxylic acids is 2. The van der Waals surface area contributed by atoms with Crippen molar-refractivity contribution in [3.63, 3.8) is 0 Å². The average Bonchev–Trinajstić information content (AvgIpc) is 3.27. The van der Waals surface area contributed by atoms with Gasteiger partial charge in [-0.3, -0.25) is 9.59 Å². The van der Waals surface area contributed by atoms with E-state index in [4.69, 9.17) is 4.74 Å². The van der Waals surface area contributed by atoms with E-state index in [1.165, 1.54) is 38.0 Å². The lowest BCUT2D eigenvalue weighted by Crippen LogP contribution is -2.20. The number of likely N-dealkylation sites (tertiary alicyclic amines) is 1. The summed E-state index contributed by atoms with van der Waals surface area (Å²) in [4.78, 5) is 27.0. The van der Waals surface area contributed by atoms with Crippen molar-refractivity contribution in [2.45, 2.75) is 38.5 Å². The molecule has 5 nitrogen and oxygen atoms in total. The minimum atomic E-state index is -0.150. The van der Waals surface area contributed by atoms with Gasteiger partial charge in [0.2, 0.25) is 5.91 Å². The standard InChI is InChI=1S/C24H30N2O3/c1-29-22-8-4-7-20(18-22)23(27)13-14-24(28)25-21-11-9-19(10-12-21)6-5-17-26-15-2-3-16-26/h4,7-12,18H,2-3,5-6,13-17H2,1H3,(H,25,28). The van der Waals surface area contributed by atoms with Crippen LogP contribution in [0.25, 0.3) is 0 Å². The first-order valence-corrected chi connectivity index (χ1v) is 10.4. The highest BCUT2D eigenvalue weighted by Crippen LogP contribution is 2.16. The van der Waals surface area contributed by atoms with E-state index in [1.807, 2.05) is 12.1 Å². The maximum atomic E-state index is 12.3. The summed E-state index contributed by atoms with van der Waals surface area (Å²) in [5.74, 6) is 0.427. The highest BCUT2D eigenvalue weighted by molar-refractivity contribution is 6.00. The van der Waals surface area contributed by atoms with E-state index in [0.29, 0.717) is 11.3 Å². The molecule has 1 fully saturated rings. The molecule has 0 radical (unpaired) electrons. The van der Waals surface area contributed by atoms with Crippen LogP contribution in [0.1, 0.15) is 48.0 Å². The van der Waals surface area contributed by atoms with Crippen LogP contribution in [0, 0.1) is 0 Å². The molecular formula is C24H30N2O3. The summed E-state index contributed by atoms with van der Waals surface area (Å²) in [6.45, 7) is 3.65. The van der Waals surface area contributed by atoms with Gasteiger partial charge >= 0.3 is 0 Å². The number of Topliss-reactive ketones (excluding diaryl/α,β-unsaturated/α-hetero) is 1. The maximum Gasteiger partial charge on any atom is 0.224 e. The van der Waals surface area contributed by atoms with Crippen molar-refractivity contribution in [1.29, 1.82) is 0 Å². The Morgan fingerprint density at radius 2 is 1.79 bits per heavy atom. The summed E-state index contributed by atoms with van der Waals surface area (Å²) in [5, 5.41) is 2.88. The number of ether oxygens (including phenoxy) is 1. The molecule has 0 unspecified atom stereocenters. The quantitative estimate of drug-likeness (QED) is 0.610. The minimum Gasteiger partial charge on any atom is -0.497 e. The third kappa shape index (κ3) is 6.71.